The van der Waals surface area contributed by atoms with Crippen LogP contribution in [0, 0.1) is 0 Å². The molecule has 92 valence electrons. The van der Waals surface area contributed by atoms with Crippen LogP contribution in [0.5, 0.6) is 0 Å². The monoisotopic (exact) mass is 261 g/mol. The number of nitrogens with zero attached hydrogens (tertiary/aromatic N) is 1. The van der Waals surface area contributed by atoms with Gasteiger partial charge < -0.3 is 9.32 Å². The fourth-order valence-electron chi connectivity index (χ4n) is 2.26. The third kappa shape index (κ3) is 2.02. The van der Waals surface area contributed by atoms with E-state index in [-0.39, 0.29) is 5.91 Å². The van der Waals surface area contributed by atoms with Crippen molar-refractivity contribution < 1.29 is 9.21 Å². The lowest BCUT2D eigenvalue weighted by atomic mass is 10.00. The van der Waals surface area contributed by atoms with Gasteiger partial charge in [-0.3, -0.25) is 4.79 Å². The van der Waals surface area contributed by atoms with Gasteiger partial charge in [-0.05, 0) is 41.8 Å². The number of fused-ring (bicyclic) bond motifs is 1. The first-order chi connectivity index (χ1) is 8.74. The molecule has 1 aromatic carbocycles. The second kappa shape index (κ2) is 4.50. The maximum absolute atomic E-state index is 12.2. The summed E-state index contributed by atoms with van der Waals surface area (Å²) in [5.41, 5.74) is 2.39. The molecule has 0 radical (unpaired) electrons. The quantitative estimate of drug-likeness (QED) is 0.790. The zero-order valence-corrected chi connectivity index (χ0v) is 10.5. The van der Waals surface area contributed by atoms with E-state index in [1.54, 1.807) is 17.0 Å². The highest BCUT2D eigenvalue weighted by molar-refractivity contribution is 6.30. The van der Waals surface area contributed by atoms with Crippen LogP contribution in [0.1, 0.15) is 21.7 Å². The Morgan fingerprint density at radius 1 is 1.28 bits per heavy atom. The highest BCUT2D eigenvalue weighted by Gasteiger charge is 2.23. The van der Waals surface area contributed by atoms with E-state index in [0.29, 0.717) is 23.9 Å². The number of halogens is 1. The first-order valence-corrected chi connectivity index (χ1v) is 6.22. The minimum atomic E-state index is -0.0642. The molecule has 0 spiro atoms. The molecule has 0 atom stereocenters. The second-order valence-corrected chi connectivity index (χ2v) is 4.80. The van der Waals surface area contributed by atoms with Crippen LogP contribution in [0.2, 0.25) is 5.02 Å². The van der Waals surface area contributed by atoms with Gasteiger partial charge in [0, 0.05) is 18.1 Å². The molecule has 18 heavy (non-hydrogen) atoms. The summed E-state index contributed by atoms with van der Waals surface area (Å²) in [6.45, 7) is 1.31. The van der Waals surface area contributed by atoms with Gasteiger partial charge in [0.25, 0.3) is 5.91 Å². The molecule has 2 aromatic rings. The van der Waals surface area contributed by atoms with Crippen LogP contribution in [0.15, 0.2) is 41.0 Å². The van der Waals surface area contributed by atoms with Crippen molar-refractivity contribution in [3.05, 3.63) is 58.5 Å². The summed E-state index contributed by atoms with van der Waals surface area (Å²) in [6.07, 6.45) is 2.38. The number of benzene rings is 1. The van der Waals surface area contributed by atoms with Gasteiger partial charge >= 0.3 is 0 Å². The SMILES string of the molecule is O=C(c1ccco1)N1CCc2ccc(Cl)cc2C1. The third-order valence-corrected chi connectivity index (χ3v) is 3.43. The molecule has 0 saturated heterocycles. The Bertz CT molecular complexity index is 577. The van der Waals surface area contributed by atoms with Crippen molar-refractivity contribution in [3.63, 3.8) is 0 Å². The Kier molecular flexibility index (Phi) is 2.84. The molecule has 3 rings (SSSR count). The Hall–Kier alpha value is -1.74. The maximum Gasteiger partial charge on any atom is 0.289 e. The van der Waals surface area contributed by atoms with Gasteiger partial charge in [-0.1, -0.05) is 17.7 Å². The Morgan fingerprint density at radius 2 is 2.17 bits per heavy atom. The Labute approximate surface area is 110 Å². The minimum Gasteiger partial charge on any atom is -0.459 e. The largest absolute Gasteiger partial charge is 0.459 e. The van der Waals surface area contributed by atoms with Crippen LogP contribution in [-0.2, 0) is 13.0 Å². The molecule has 2 heterocycles. The molecule has 0 fully saturated rings. The van der Waals surface area contributed by atoms with E-state index in [0.717, 1.165) is 12.0 Å². The highest BCUT2D eigenvalue weighted by Crippen LogP contribution is 2.23. The lowest BCUT2D eigenvalue weighted by Gasteiger charge is -2.28. The normalized spacial score (nSPS) is 14.4. The van der Waals surface area contributed by atoms with E-state index in [9.17, 15) is 4.79 Å². The summed E-state index contributed by atoms with van der Waals surface area (Å²) in [5.74, 6) is 0.325. The lowest BCUT2D eigenvalue weighted by Crippen LogP contribution is -2.35. The molecule has 0 bridgehead atoms. The average molecular weight is 262 g/mol. The number of amides is 1. The van der Waals surface area contributed by atoms with Crippen molar-refractivity contribution in [2.24, 2.45) is 0 Å². The predicted octanol–water partition coefficient (Wildman–Crippen LogP) is 3.13. The van der Waals surface area contributed by atoms with E-state index in [1.807, 2.05) is 18.2 Å². The molecule has 0 saturated carbocycles. The lowest BCUT2D eigenvalue weighted by molar-refractivity contribution is 0.0702. The van der Waals surface area contributed by atoms with Crippen LogP contribution in [0.3, 0.4) is 0 Å². The van der Waals surface area contributed by atoms with E-state index in [2.05, 4.69) is 0 Å². The van der Waals surface area contributed by atoms with Crippen LogP contribution < -0.4 is 0 Å². The number of carbonyl (C=O) groups is 1. The topological polar surface area (TPSA) is 33.5 Å². The van der Waals surface area contributed by atoms with Crippen molar-refractivity contribution >= 4 is 17.5 Å². The zero-order valence-electron chi connectivity index (χ0n) is 9.73. The Balaban J connectivity index is 1.84. The summed E-state index contributed by atoms with van der Waals surface area (Å²) in [7, 11) is 0. The van der Waals surface area contributed by atoms with Crippen molar-refractivity contribution in [1.29, 1.82) is 0 Å². The summed E-state index contributed by atoms with van der Waals surface area (Å²) in [6, 6.07) is 9.27. The molecule has 0 N–H and O–H groups in total. The van der Waals surface area contributed by atoms with E-state index in [4.69, 9.17) is 16.0 Å². The number of hydrogen-bond acceptors (Lipinski definition) is 2. The summed E-state index contributed by atoms with van der Waals surface area (Å²) in [5, 5.41) is 0.709. The predicted molar refractivity (Wildman–Crippen MR) is 68.6 cm³/mol. The van der Waals surface area contributed by atoms with E-state index >= 15 is 0 Å². The fraction of sp³-hybridized carbons (Fsp3) is 0.214. The molecule has 1 aliphatic heterocycles. The first kappa shape index (κ1) is 11.4. The van der Waals surface area contributed by atoms with E-state index in [1.165, 1.54) is 11.8 Å². The summed E-state index contributed by atoms with van der Waals surface area (Å²) < 4.78 is 5.14. The van der Waals surface area contributed by atoms with Crippen LogP contribution >= 0.6 is 11.6 Å². The summed E-state index contributed by atoms with van der Waals surface area (Å²) in [4.78, 5) is 13.9. The van der Waals surface area contributed by atoms with E-state index < -0.39 is 0 Å². The average Bonchev–Trinajstić information content (AvgIpc) is 2.90. The van der Waals surface area contributed by atoms with Crippen molar-refractivity contribution in [1.82, 2.24) is 4.90 Å². The molecule has 1 amide bonds. The number of rotatable bonds is 1. The molecule has 3 nitrogen and oxygen atoms in total. The molecule has 0 unspecified atom stereocenters. The molecule has 1 aromatic heterocycles. The van der Waals surface area contributed by atoms with Gasteiger partial charge in [-0.2, -0.15) is 0 Å². The maximum atomic E-state index is 12.2. The van der Waals surface area contributed by atoms with Crippen LogP contribution in [0.4, 0.5) is 0 Å². The number of hydrogen-bond donors (Lipinski definition) is 0. The number of carbonyl (C=O) groups excluding carboxylic acids is 1. The Morgan fingerprint density at radius 3 is 2.94 bits per heavy atom. The van der Waals surface area contributed by atoms with Gasteiger partial charge in [-0.25, -0.2) is 0 Å². The van der Waals surface area contributed by atoms with Crippen molar-refractivity contribution in [2.45, 2.75) is 13.0 Å². The molecule has 4 heteroatoms. The molecule has 0 aliphatic carbocycles. The standard InChI is InChI=1S/C14H12ClNO2/c15-12-4-3-10-5-6-16(9-11(10)8-12)14(17)13-2-1-7-18-13/h1-4,7-8H,5-6,9H2. The summed E-state index contributed by atoms with van der Waals surface area (Å²) >= 11 is 5.98. The van der Waals surface area contributed by atoms with Gasteiger partial charge in [0.15, 0.2) is 5.76 Å². The molecular weight excluding hydrogens is 250 g/mol. The third-order valence-electron chi connectivity index (χ3n) is 3.20. The van der Waals surface area contributed by atoms with Gasteiger partial charge in [0.1, 0.15) is 0 Å². The van der Waals surface area contributed by atoms with Crippen LogP contribution in [-0.4, -0.2) is 17.4 Å². The van der Waals surface area contributed by atoms with Crippen LogP contribution in [0.25, 0.3) is 0 Å². The van der Waals surface area contributed by atoms with Gasteiger partial charge in [-0.15, -0.1) is 0 Å². The fourth-order valence-corrected chi connectivity index (χ4v) is 2.45. The van der Waals surface area contributed by atoms with Crippen molar-refractivity contribution in [3.8, 4) is 0 Å². The highest BCUT2D eigenvalue weighted by atomic mass is 35.5. The van der Waals surface area contributed by atoms with Crippen molar-refractivity contribution in [2.75, 3.05) is 6.54 Å². The minimum absolute atomic E-state index is 0.0642. The zero-order chi connectivity index (χ0) is 12.5. The molecule has 1 aliphatic rings. The smallest absolute Gasteiger partial charge is 0.289 e. The van der Waals surface area contributed by atoms with Gasteiger partial charge in [0.05, 0.1) is 6.26 Å². The second-order valence-electron chi connectivity index (χ2n) is 4.37. The van der Waals surface area contributed by atoms with Gasteiger partial charge in [0.2, 0.25) is 0 Å². The first-order valence-electron chi connectivity index (χ1n) is 5.84. The molecular formula is C14H12ClNO2. The number of furan rings is 1.